The summed E-state index contributed by atoms with van der Waals surface area (Å²) >= 11 is 0. The third kappa shape index (κ3) is 4.87. The molecule has 0 unspecified atom stereocenters. The molecule has 0 aromatic heterocycles. The van der Waals surface area contributed by atoms with E-state index in [4.69, 9.17) is 0 Å². The summed E-state index contributed by atoms with van der Waals surface area (Å²) in [6, 6.07) is 3.49. The minimum atomic E-state index is -5.14. The molecule has 0 aliphatic heterocycles. The maximum absolute atomic E-state index is 12.8. The molecule has 0 radical (unpaired) electrons. The molecule has 0 aliphatic rings. The number of sulfonamides is 1. The second kappa shape index (κ2) is 6.72. The van der Waals surface area contributed by atoms with E-state index in [1.807, 2.05) is 0 Å². The minimum absolute atomic E-state index is 0.149. The van der Waals surface area contributed by atoms with Crippen LogP contribution in [0.2, 0.25) is 0 Å². The second-order valence-corrected chi connectivity index (χ2v) is 6.83. The van der Waals surface area contributed by atoms with Gasteiger partial charge in [0.25, 0.3) is 15.7 Å². The SMILES string of the molecule is O=[N+]([O-])c1ccc(S(=O)(=O)Nc2cc(C(F)(F)F)cc(C(F)(F)F)c2)cc1. The number of non-ortho nitro benzene ring substituents is 1. The van der Waals surface area contributed by atoms with Crippen LogP contribution in [0.15, 0.2) is 47.4 Å². The summed E-state index contributed by atoms with van der Waals surface area (Å²) in [6.07, 6.45) is -10.3. The van der Waals surface area contributed by atoms with Gasteiger partial charge in [0.15, 0.2) is 0 Å². The van der Waals surface area contributed by atoms with Gasteiger partial charge in [-0.2, -0.15) is 26.3 Å². The van der Waals surface area contributed by atoms with E-state index >= 15 is 0 Å². The van der Waals surface area contributed by atoms with Crippen LogP contribution in [0.1, 0.15) is 11.1 Å². The topological polar surface area (TPSA) is 89.3 Å². The van der Waals surface area contributed by atoms with Gasteiger partial charge >= 0.3 is 12.4 Å². The van der Waals surface area contributed by atoms with Gasteiger partial charge in [0.1, 0.15) is 0 Å². The molecule has 0 bridgehead atoms. The van der Waals surface area contributed by atoms with E-state index < -0.39 is 54.7 Å². The monoisotopic (exact) mass is 414 g/mol. The van der Waals surface area contributed by atoms with Gasteiger partial charge in [0.05, 0.1) is 26.6 Å². The van der Waals surface area contributed by atoms with Gasteiger partial charge in [0, 0.05) is 12.1 Å². The number of hydrogen-bond donors (Lipinski definition) is 1. The Kier molecular flexibility index (Phi) is 5.10. The fourth-order valence-corrected chi connectivity index (χ4v) is 3.02. The molecule has 0 atom stereocenters. The van der Waals surface area contributed by atoms with Crippen molar-refractivity contribution in [2.24, 2.45) is 0 Å². The van der Waals surface area contributed by atoms with Crippen LogP contribution in [-0.2, 0) is 22.4 Å². The first-order valence-electron chi connectivity index (χ1n) is 6.77. The largest absolute Gasteiger partial charge is 0.416 e. The Bertz CT molecular complexity index is 936. The fourth-order valence-electron chi connectivity index (χ4n) is 1.97. The number of nitro benzene ring substituents is 1. The number of hydrogen-bond acceptors (Lipinski definition) is 4. The lowest BCUT2D eigenvalue weighted by molar-refractivity contribution is -0.384. The van der Waals surface area contributed by atoms with E-state index in [0.29, 0.717) is 0 Å². The molecular formula is C14H8F6N2O4S. The van der Waals surface area contributed by atoms with E-state index in [1.54, 1.807) is 4.72 Å². The van der Waals surface area contributed by atoms with Gasteiger partial charge in [0.2, 0.25) is 0 Å². The van der Waals surface area contributed by atoms with E-state index in [0.717, 1.165) is 24.3 Å². The highest BCUT2D eigenvalue weighted by Gasteiger charge is 2.37. The first-order valence-corrected chi connectivity index (χ1v) is 8.25. The highest BCUT2D eigenvalue weighted by molar-refractivity contribution is 7.92. The van der Waals surface area contributed by atoms with Crippen LogP contribution in [0, 0.1) is 10.1 Å². The van der Waals surface area contributed by atoms with Gasteiger partial charge in [-0.05, 0) is 30.3 Å². The lowest BCUT2D eigenvalue weighted by Gasteiger charge is -2.15. The van der Waals surface area contributed by atoms with Crippen LogP contribution in [-0.4, -0.2) is 13.3 Å². The van der Waals surface area contributed by atoms with Crippen LogP contribution in [0.25, 0.3) is 0 Å². The van der Waals surface area contributed by atoms with E-state index in [1.165, 1.54) is 0 Å². The molecule has 2 aromatic rings. The van der Waals surface area contributed by atoms with Crippen LogP contribution in [0.3, 0.4) is 0 Å². The molecule has 0 fully saturated rings. The quantitative estimate of drug-likeness (QED) is 0.455. The maximum atomic E-state index is 12.8. The molecule has 0 amide bonds. The summed E-state index contributed by atoms with van der Waals surface area (Å²) in [5.74, 6) is 0. The number of halogens is 6. The highest BCUT2D eigenvalue weighted by Crippen LogP contribution is 2.38. The zero-order valence-corrected chi connectivity index (χ0v) is 13.6. The molecule has 6 nitrogen and oxygen atoms in total. The zero-order chi connectivity index (χ0) is 20.6. The molecule has 0 aliphatic carbocycles. The lowest BCUT2D eigenvalue weighted by Crippen LogP contribution is -2.16. The van der Waals surface area contributed by atoms with E-state index in [2.05, 4.69) is 0 Å². The van der Waals surface area contributed by atoms with E-state index in [9.17, 15) is 44.9 Å². The summed E-state index contributed by atoms with van der Waals surface area (Å²) in [7, 11) is -4.59. The van der Waals surface area contributed by atoms with Crippen molar-refractivity contribution in [3.05, 3.63) is 63.7 Å². The second-order valence-electron chi connectivity index (χ2n) is 5.15. The Morgan fingerprint density at radius 2 is 1.30 bits per heavy atom. The summed E-state index contributed by atoms with van der Waals surface area (Å²) in [5, 5.41) is 10.5. The third-order valence-electron chi connectivity index (χ3n) is 3.20. The number of alkyl halides is 6. The Morgan fingerprint density at radius 3 is 1.67 bits per heavy atom. The van der Waals surface area contributed by atoms with E-state index in [-0.39, 0.29) is 18.2 Å². The Balaban J connectivity index is 2.47. The Hall–Kier alpha value is -2.83. The van der Waals surface area contributed by atoms with Gasteiger partial charge in [-0.3, -0.25) is 14.8 Å². The van der Waals surface area contributed by atoms with Crippen molar-refractivity contribution in [1.29, 1.82) is 0 Å². The van der Waals surface area contributed by atoms with Crippen molar-refractivity contribution in [2.75, 3.05) is 4.72 Å². The normalized spacial score (nSPS) is 12.7. The first kappa shape index (κ1) is 20.5. The predicted octanol–water partition coefficient (Wildman–Crippen LogP) is 4.43. The number of nitro groups is 1. The average Bonchev–Trinajstić information content (AvgIpc) is 2.52. The van der Waals surface area contributed by atoms with Crippen molar-refractivity contribution in [1.82, 2.24) is 0 Å². The molecule has 1 N–H and O–H groups in total. The van der Waals surface area contributed by atoms with Crippen molar-refractivity contribution >= 4 is 21.4 Å². The molecule has 2 aromatic carbocycles. The summed E-state index contributed by atoms with van der Waals surface area (Å²) in [5.41, 5.74) is -4.81. The maximum Gasteiger partial charge on any atom is 0.416 e. The summed E-state index contributed by atoms with van der Waals surface area (Å²) in [6.45, 7) is 0. The molecule has 0 saturated carbocycles. The number of benzene rings is 2. The molecule has 2 rings (SSSR count). The zero-order valence-electron chi connectivity index (χ0n) is 12.8. The number of nitrogens with zero attached hydrogens (tertiary/aromatic N) is 1. The number of rotatable bonds is 4. The van der Waals surface area contributed by atoms with Crippen molar-refractivity contribution in [3.63, 3.8) is 0 Å². The summed E-state index contributed by atoms with van der Waals surface area (Å²) < 4.78 is 103. The standard InChI is InChI=1S/C14H8F6N2O4S/c15-13(16,17)8-5-9(14(18,19)20)7-10(6-8)21-27(25,26)12-3-1-11(2-4-12)22(23)24/h1-7,21H. The van der Waals surface area contributed by atoms with Crippen molar-refractivity contribution in [2.45, 2.75) is 17.2 Å². The van der Waals surface area contributed by atoms with Gasteiger partial charge in [-0.15, -0.1) is 0 Å². The third-order valence-corrected chi connectivity index (χ3v) is 4.59. The molecule has 0 saturated heterocycles. The molecule has 0 heterocycles. The Labute approximate surface area is 147 Å². The first-order chi connectivity index (χ1) is 12.2. The van der Waals surface area contributed by atoms with Gasteiger partial charge in [-0.25, -0.2) is 8.42 Å². The van der Waals surface area contributed by atoms with Crippen molar-refractivity contribution in [3.8, 4) is 0 Å². The van der Waals surface area contributed by atoms with Gasteiger partial charge in [-0.1, -0.05) is 0 Å². The molecule has 27 heavy (non-hydrogen) atoms. The van der Waals surface area contributed by atoms with Crippen LogP contribution in [0.5, 0.6) is 0 Å². The minimum Gasteiger partial charge on any atom is -0.280 e. The van der Waals surface area contributed by atoms with Gasteiger partial charge < -0.3 is 0 Å². The summed E-state index contributed by atoms with van der Waals surface area (Å²) in [4.78, 5) is 9.15. The predicted molar refractivity (Wildman–Crippen MR) is 80.4 cm³/mol. The molecule has 146 valence electrons. The number of nitrogens with one attached hydrogen (secondary N) is 1. The highest BCUT2D eigenvalue weighted by atomic mass is 32.2. The lowest BCUT2D eigenvalue weighted by atomic mass is 10.1. The fraction of sp³-hybridized carbons (Fsp3) is 0.143. The average molecular weight is 414 g/mol. The van der Waals surface area contributed by atoms with Crippen LogP contribution < -0.4 is 4.72 Å². The molecule has 0 spiro atoms. The van der Waals surface area contributed by atoms with Crippen LogP contribution >= 0.6 is 0 Å². The van der Waals surface area contributed by atoms with Crippen LogP contribution in [0.4, 0.5) is 37.7 Å². The molecular weight excluding hydrogens is 406 g/mol. The Morgan fingerprint density at radius 1 is 0.852 bits per heavy atom. The number of anilines is 1. The van der Waals surface area contributed by atoms with Crippen molar-refractivity contribution < 1.29 is 39.7 Å². The smallest absolute Gasteiger partial charge is 0.280 e. The molecule has 13 heteroatoms.